The van der Waals surface area contributed by atoms with Crippen LogP contribution >= 0.6 is 27.7 Å². The molecule has 2 aromatic heterocycles. The minimum atomic E-state index is -3.78. The van der Waals surface area contributed by atoms with Gasteiger partial charge in [-0.3, -0.25) is 0 Å². The Balaban J connectivity index is 1.58. The molecule has 8 nitrogen and oxygen atoms in total. The average molecular weight is 494 g/mol. The summed E-state index contributed by atoms with van der Waals surface area (Å²) in [4.78, 5) is 4.60. The van der Waals surface area contributed by atoms with Gasteiger partial charge in [0.25, 0.3) is 0 Å². The molecule has 0 aliphatic rings. The van der Waals surface area contributed by atoms with Gasteiger partial charge in [-0.1, -0.05) is 33.8 Å². The highest BCUT2D eigenvalue weighted by Crippen LogP contribution is 2.29. The Morgan fingerprint density at radius 3 is 2.76 bits per heavy atom. The number of sulfonamides is 1. The molecular formula is C18H16BrN5O3S2. The second-order valence-electron chi connectivity index (χ2n) is 6.13. The van der Waals surface area contributed by atoms with E-state index >= 15 is 0 Å². The Morgan fingerprint density at radius 2 is 2.03 bits per heavy atom. The molecule has 2 aromatic carbocycles. The summed E-state index contributed by atoms with van der Waals surface area (Å²) in [5, 5.41) is 14.2. The lowest BCUT2D eigenvalue weighted by atomic mass is 10.2. The highest BCUT2D eigenvalue weighted by atomic mass is 79.9. The molecule has 0 aliphatic carbocycles. The normalized spacial score (nSPS) is 12.0. The molecule has 0 saturated heterocycles. The molecule has 0 atom stereocenters. The maximum absolute atomic E-state index is 11.6. The van der Waals surface area contributed by atoms with E-state index in [0.29, 0.717) is 29.6 Å². The van der Waals surface area contributed by atoms with Crippen molar-refractivity contribution in [1.82, 2.24) is 19.7 Å². The summed E-state index contributed by atoms with van der Waals surface area (Å²) in [6, 6.07) is 12.3. The number of nitrogens with zero attached hydrogens (tertiary/aromatic N) is 4. The Labute approximate surface area is 179 Å². The Kier molecular flexibility index (Phi) is 5.47. The minimum Gasteiger partial charge on any atom is -0.420 e. The summed E-state index contributed by atoms with van der Waals surface area (Å²) in [6.07, 6.45) is 0. The number of benzene rings is 2. The van der Waals surface area contributed by atoms with Crippen molar-refractivity contribution in [3.8, 4) is 11.5 Å². The van der Waals surface area contributed by atoms with Crippen molar-refractivity contribution in [2.45, 2.75) is 29.3 Å². The standard InChI is InChI=1S/C18H16BrN5O3S2/c1-2-24-15-7-6-13(29(20,25)26)9-14(15)21-18(24)28-10-16-22-23-17(27-16)11-4-3-5-12(19)8-11/h3-9H,2,10H2,1H3,(H2,20,25,26). The summed E-state index contributed by atoms with van der Waals surface area (Å²) in [7, 11) is -3.78. The third kappa shape index (κ3) is 4.22. The summed E-state index contributed by atoms with van der Waals surface area (Å²) in [6.45, 7) is 2.68. The zero-order valence-electron chi connectivity index (χ0n) is 15.2. The lowest BCUT2D eigenvalue weighted by molar-refractivity contribution is 0.528. The van der Waals surface area contributed by atoms with Gasteiger partial charge in [-0.2, -0.15) is 0 Å². The number of nitrogens with two attached hydrogens (primary N) is 1. The fourth-order valence-electron chi connectivity index (χ4n) is 2.86. The second-order valence-corrected chi connectivity index (χ2v) is 9.55. The van der Waals surface area contributed by atoms with E-state index in [0.717, 1.165) is 20.7 Å². The van der Waals surface area contributed by atoms with Crippen LogP contribution in [0.25, 0.3) is 22.5 Å². The topological polar surface area (TPSA) is 117 Å². The van der Waals surface area contributed by atoms with Gasteiger partial charge in [0, 0.05) is 16.6 Å². The number of primary sulfonamides is 1. The summed E-state index contributed by atoms with van der Waals surface area (Å²) >= 11 is 4.87. The largest absolute Gasteiger partial charge is 0.420 e. The quantitative estimate of drug-likeness (QED) is 0.405. The molecule has 4 rings (SSSR count). The molecule has 0 spiro atoms. The van der Waals surface area contributed by atoms with Crippen LogP contribution in [0, 0.1) is 0 Å². The van der Waals surface area contributed by atoms with Gasteiger partial charge in [-0.05, 0) is 43.3 Å². The number of fused-ring (bicyclic) bond motifs is 1. The molecule has 0 fully saturated rings. The highest BCUT2D eigenvalue weighted by molar-refractivity contribution is 9.10. The van der Waals surface area contributed by atoms with Crippen LogP contribution in [0.2, 0.25) is 0 Å². The maximum atomic E-state index is 11.6. The molecule has 11 heteroatoms. The number of thioether (sulfide) groups is 1. The lowest BCUT2D eigenvalue weighted by Crippen LogP contribution is -2.11. The second kappa shape index (κ2) is 7.90. The molecule has 4 aromatic rings. The number of rotatable bonds is 6. The molecule has 2 heterocycles. The first-order valence-corrected chi connectivity index (χ1v) is 11.9. The zero-order chi connectivity index (χ0) is 20.6. The van der Waals surface area contributed by atoms with Crippen LogP contribution < -0.4 is 5.14 Å². The van der Waals surface area contributed by atoms with E-state index in [1.165, 1.54) is 23.9 Å². The molecule has 0 bridgehead atoms. The van der Waals surface area contributed by atoms with Crippen LogP contribution in [0.5, 0.6) is 0 Å². The van der Waals surface area contributed by atoms with Crippen molar-refractivity contribution >= 4 is 48.7 Å². The maximum Gasteiger partial charge on any atom is 0.247 e. The first-order valence-electron chi connectivity index (χ1n) is 8.59. The van der Waals surface area contributed by atoms with Gasteiger partial charge in [-0.15, -0.1) is 10.2 Å². The lowest BCUT2D eigenvalue weighted by Gasteiger charge is -2.04. The molecule has 0 saturated carbocycles. The molecule has 150 valence electrons. The molecular weight excluding hydrogens is 478 g/mol. The number of halogens is 1. The fourth-order valence-corrected chi connectivity index (χ4v) is 4.70. The van der Waals surface area contributed by atoms with Crippen molar-refractivity contribution in [2.75, 3.05) is 0 Å². The van der Waals surface area contributed by atoms with Crippen LogP contribution in [-0.4, -0.2) is 28.2 Å². The Hall–Kier alpha value is -2.21. The van der Waals surface area contributed by atoms with Gasteiger partial charge in [0.15, 0.2) is 5.16 Å². The molecule has 0 amide bonds. The van der Waals surface area contributed by atoms with Gasteiger partial charge in [0.1, 0.15) is 0 Å². The van der Waals surface area contributed by atoms with Gasteiger partial charge in [-0.25, -0.2) is 18.5 Å². The Bertz CT molecular complexity index is 1300. The molecule has 2 N–H and O–H groups in total. The van der Waals surface area contributed by atoms with E-state index in [-0.39, 0.29) is 4.90 Å². The van der Waals surface area contributed by atoms with Crippen molar-refractivity contribution in [3.05, 3.63) is 52.8 Å². The van der Waals surface area contributed by atoms with E-state index < -0.39 is 10.0 Å². The van der Waals surface area contributed by atoms with Gasteiger partial charge >= 0.3 is 0 Å². The number of imidazole rings is 1. The van der Waals surface area contributed by atoms with Crippen LogP contribution in [0.1, 0.15) is 12.8 Å². The van der Waals surface area contributed by atoms with E-state index in [1.807, 2.05) is 35.8 Å². The fraction of sp³-hybridized carbons (Fsp3) is 0.167. The number of hydrogen-bond acceptors (Lipinski definition) is 7. The van der Waals surface area contributed by atoms with Crippen LogP contribution in [-0.2, 0) is 22.3 Å². The van der Waals surface area contributed by atoms with Crippen molar-refractivity contribution in [2.24, 2.45) is 5.14 Å². The predicted octanol–water partition coefficient (Wildman–Crippen LogP) is 3.81. The van der Waals surface area contributed by atoms with Crippen molar-refractivity contribution in [3.63, 3.8) is 0 Å². The van der Waals surface area contributed by atoms with Gasteiger partial charge < -0.3 is 8.98 Å². The van der Waals surface area contributed by atoms with Gasteiger partial charge in [0.2, 0.25) is 21.8 Å². The van der Waals surface area contributed by atoms with Crippen molar-refractivity contribution < 1.29 is 12.8 Å². The van der Waals surface area contributed by atoms with Crippen LogP contribution in [0.3, 0.4) is 0 Å². The smallest absolute Gasteiger partial charge is 0.247 e. The molecule has 0 aliphatic heterocycles. The van der Waals surface area contributed by atoms with E-state index in [9.17, 15) is 8.42 Å². The van der Waals surface area contributed by atoms with Crippen LogP contribution in [0.15, 0.2) is 61.4 Å². The zero-order valence-corrected chi connectivity index (χ0v) is 18.5. The molecule has 0 radical (unpaired) electrons. The predicted molar refractivity (Wildman–Crippen MR) is 114 cm³/mol. The SMILES string of the molecule is CCn1c(SCc2nnc(-c3cccc(Br)c3)o2)nc2cc(S(N)(=O)=O)ccc21. The average Bonchev–Trinajstić information content (AvgIpc) is 3.29. The van der Waals surface area contributed by atoms with E-state index in [4.69, 9.17) is 9.56 Å². The first kappa shape index (κ1) is 20.1. The van der Waals surface area contributed by atoms with Crippen LogP contribution in [0.4, 0.5) is 0 Å². The summed E-state index contributed by atoms with van der Waals surface area (Å²) in [5.41, 5.74) is 2.24. The summed E-state index contributed by atoms with van der Waals surface area (Å²) in [5.74, 6) is 1.36. The number of aromatic nitrogens is 4. The van der Waals surface area contributed by atoms with E-state index in [1.54, 1.807) is 6.07 Å². The molecule has 0 unspecified atom stereocenters. The number of hydrogen-bond donors (Lipinski definition) is 1. The third-order valence-electron chi connectivity index (χ3n) is 4.19. The molecule has 29 heavy (non-hydrogen) atoms. The highest BCUT2D eigenvalue weighted by Gasteiger charge is 2.16. The third-order valence-corrected chi connectivity index (χ3v) is 6.56. The Morgan fingerprint density at radius 1 is 1.21 bits per heavy atom. The van der Waals surface area contributed by atoms with Crippen molar-refractivity contribution in [1.29, 1.82) is 0 Å². The number of aryl methyl sites for hydroxylation is 1. The first-order chi connectivity index (χ1) is 13.8. The summed E-state index contributed by atoms with van der Waals surface area (Å²) < 4.78 is 31.9. The monoisotopic (exact) mass is 493 g/mol. The van der Waals surface area contributed by atoms with E-state index in [2.05, 4.69) is 31.1 Å². The minimum absolute atomic E-state index is 0.0397. The van der Waals surface area contributed by atoms with Gasteiger partial charge in [0.05, 0.1) is 21.7 Å².